The second-order valence-electron chi connectivity index (χ2n) is 5.70. The summed E-state index contributed by atoms with van der Waals surface area (Å²) >= 11 is 0. The van der Waals surface area contributed by atoms with Gasteiger partial charge < -0.3 is 20.2 Å². The molecule has 3 heterocycles. The summed E-state index contributed by atoms with van der Waals surface area (Å²) in [6, 6.07) is 0.354. The highest BCUT2D eigenvalue weighted by Gasteiger charge is 2.41. The molecule has 0 saturated carbocycles. The van der Waals surface area contributed by atoms with Gasteiger partial charge in [0.1, 0.15) is 11.8 Å². The number of aromatic nitrogens is 2. The minimum atomic E-state index is -0.494. The van der Waals surface area contributed by atoms with E-state index in [4.69, 9.17) is 4.74 Å². The summed E-state index contributed by atoms with van der Waals surface area (Å²) in [5.41, 5.74) is -0.359. The standard InChI is InChI=1S/C12H19N5O3/c1-12(8-15-5-2-3-13-4-6-15)9-16-7-10(17(18)19)14-11(16)20-12/h7,13H,2-6,8-9H2,1H3. The van der Waals surface area contributed by atoms with Gasteiger partial charge in [-0.05, 0) is 31.4 Å². The second kappa shape index (κ2) is 5.02. The first-order chi connectivity index (χ1) is 9.56. The van der Waals surface area contributed by atoms with Crippen molar-refractivity contribution in [2.24, 2.45) is 0 Å². The summed E-state index contributed by atoms with van der Waals surface area (Å²) in [7, 11) is 0. The van der Waals surface area contributed by atoms with Crippen molar-refractivity contribution in [1.82, 2.24) is 19.8 Å². The average molecular weight is 281 g/mol. The largest absolute Gasteiger partial charge is 0.436 e. The Balaban J connectivity index is 1.66. The summed E-state index contributed by atoms with van der Waals surface area (Å²) in [6.45, 7) is 7.55. The van der Waals surface area contributed by atoms with Crippen LogP contribution in [0.1, 0.15) is 13.3 Å². The van der Waals surface area contributed by atoms with Crippen LogP contribution in [0.25, 0.3) is 0 Å². The Hall–Kier alpha value is -1.67. The fourth-order valence-corrected chi connectivity index (χ4v) is 2.90. The molecule has 3 rings (SSSR count). The van der Waals surface area contributed by atoms with Crippen LogP contribution in [0.4, 0.5) is 5.82 Å². The highest BCUT2D eigenvalue weighted by Crippen LogP contribution is 2.31. The van der Waals surface area contributed by atoms with Crippen LogP contribution in [0.5, 0.6) is 6.01 Å². The normalized spacial score (nSPS) is 26.9. The van der Waals surface area contributed by atoms with Crippen molar-refractivity contribution in [2.75, 3.05) is 32.7 Å². The molecule has 110 valence electrons. The van der Waals surface area contributed by atoms with Gasteiger partial charge in [0.2, 0.25) is 0 Å². The van der Waals surface area contributed by atoms with Crippen LogP contribution in [-0.4, -0.2) is 57.7 Å². The molecule has 1 aromatic rings. The summed E-state index contributed by atoms with van der Waals surface area (Å²) < 4.78 is 7.58. The number of ether oxygens (including phenoxy) is 1. The van der Waals surface area contributed by atoms with E-state index in [1.165, 1.54) is 6.20 Å². The smallest absolute Gasteiger partial charge is 0.415 e. The molecule has 0 aromatic carbocycles. The van der Waals surface area contributed by atoms with E-state index in [2.05, 4.69) is 15.2 Å². The summed E-state index contributed by atoms with van der Waals surface area (Å²) in [6.07, 6.45) is 2.58. The zero-order valence-corrected chi connectivity index (χ0v) is 11.5. The van der Waals surface area contributed by atoms with E-state index in [1.54, 1.807) is 4.57 Å². The van der Waals surface area contributed by atoms with Crippen molar-refractivity contribution < 1.29 is 9.66 Å². The number of hydrogen-bond donors (Lipinski definition) is 1. The van der Waals surface area contributed by atoms with Crippen LogP contribution < -0.4 is 10.1 Å². The first-order valence-electron chi connectivity index (χ1n) is 6.89. The number of hydrogen-bond acceptors (Lipinski definition) is 6. The summed E-state index contributed by atoms with van der Waals surface area (Å²) in [4.78, 5) is 16.5. The molecule has 1 saturated heterocycles. The van der Waals surface area contributed by atoms with Crippen molar-refractivity contribution in [3.05, 3.63) is 16.3 Å². The Labute approximate surface area is 116 Å². The Morgan fingerprint density at radius 3 is 3.15 bits per heavy atom. The Kier molecular flexibility index (Phi) is 3.35. The lowest BCUT2D eigenvalue weighted by molar-refractivity contribution is -0.389. The maximum Gasteiger partial charge on any atom is 0.415 e. The Morgan fingerprint density at radius 2 is 2.40 bits per heavy atom. The van der Waals surface area contributed by atoms with Gasteiger partial charge in [-0.15, -0.1) is 0 Å². The molecule has 1 unspecified atom stereocenters. The first kappa shape index (κ1) is 13.3. The molecular weight excluding hydrogens is 262 g/mol. The van der Waals surface area contributed by atoms with Crippen molar-refractivity contribution in [3.63, 3.8) is 0 Å². The van der Waals surface area contributed by atoms with Gasteiger partial charge in [0, 0.05) is 24.6 Å². The quantitative estimate of drug-likeness (QED) is 0.631. The Morgan fingerprint density at radius 1 is 1.55 bits per heavy atom. The fraction of sp³-hybridized carbons (Fsp3) is 0.750. The summed E-state index contributed by atoms with van der Waals surface area (Å²) in [5, 5.41) is 14.1. The van der Waals surface area contributed by atoms with Gasteiger partial charge in [0.25, 0.3) is 0 Å². The van der Waals surface area contributed by atoms with Crippen molar-refractivity contribution in [1.29, 1.82) is 0 Å². The lowest BCUT2D eigenvalue weighted by Crippen LogP contribution is -2.46. The molecule has 0 spiro atoms. The molecule has 0 radical (unpaired) electrons. The van der Waals surface area contributed by atoms with Crippen LogP contribution in [0.15, 0.2) is 6.20 Å². The molecule has 0 amide bonds. The summed E-state index contributed by atoms with van der Waals surface area (Å²) in [5.74, 6) is -0.152. The zero-order valence-electron chi connectivity index (χ0n) is 11.5. The first-order valence-corrected chi connectivity index (χ1v) is 6.89. The van der Waals surface area contributed by atoms with E-state index in [0.29, 0.717) is 12.6 Å². The van der Waals surface area contributed by atoms with Crippen molar-refractivity contribution >= 4 is 5.82 Å². The maximum absolute atomic E-state index is 10.7. The van der Waals surface area contributed by atoms with E-state index >= 15 is 0 Å². The SMILES string of the molecule is CC1(CN2CCCNCC2)Cn2cc([N+](=O)[O-])nc2O1. The predicted molar refractivity (Wildman–Crippen MR) is 71.8 cm³/mol. The van der Waals surface area contributed by atoms with Crippen LogP contribution in [0.2, 0.25) is 0 Å². The number of nitrogens with one attached hydrogen (secondary N) is 1. The monoisotopic (exact) mass is 281 g/mol. The third-order valence-corrected chi connectivity index (χ3v) is 3.75. The third kappa shape index (κ3) is 2.61. The minimum Gasteiger partial charge on any atom is -0.436 e. The predicted octanol–water partition coefficient (Wildman–Crippen LogP) is 0.238. The average Bonchev–Trinajstić information content (AvgIpc) is 2.76. The molecule has 2 aliphatic heterocycles. The Bertz CT molecular complexity index is 484. The molecule has 1 N–H and O–H groups in total. The molecule has 0 aliphatic carbocycles. The van der Waals surface area contributed by atoms with E-state index in [0.717, 1.165) is 39.1 Å². The van der Waals surface area contributed by atoms with Crippen molar-refractivity contribution in [2.45, 2.75) is 25.5 Å². The molecule has 0 bridgehead atoms. The van der Waals surface area contributed by atoms with Gasteiger partial charge in [0.15, 0.2) is 0 Å². The molecule has 20 heavy (non-hydrogen) atoms. The van der Waals surface area contributed by atoms with Gasteiger partial charge in [-0.3, -0.25) is 9.47 Å². The highest BCUT2D eigenvalue weighted by atomic mass is 16.6. The van der Waals surface area contributed by atoms with Gasteiger partial charge in [-0.25, -0.2) is 0 Å². The zero-order chi connectivity index (χ0) is 14.2. The van der Waals surface area contributed by atoms with Gasteiger partial charge >= 0.3 is 11.8 Å². The number of imidazole rings is 1. The maximum atomic E-state index is 10.7. The van der Waals surface area contributed by atoms with Gasteiger partial charge in [0.05, 0.1) is 6.54 Å². The van der Waals surface area contributed by atoms with Crippen LogP contribution in [0, 0.1) is 10.1 Å². The van der Waals surface area contributed by atoms with Gasteiger partial charge in [-0.2, -0.15) is 0 Å². The molecule has 2 aliphatic rings. The second-order valence-corrected chi connectivity index (χ2v) is 5.70. The topological polar surface area (TPSA) is 85.5 Å². The van der Waals surface area contributed by atoms with Crippen LogP contribution in [0.3, 0.4) is 0 Å². The third-order valence-electron chi connectivity index (χ3n) is 3.75. The molecule has 1 atom stereocenters. The van der Waals surface area contributed by atoms with Crippen LogP contribution >= 0.6 is 0 Å². The van der Waals surface area contributed by atoms with E-state index in [9.17, 15) is 10.1 Å². The van der Waals surface area contributed by atoms with Crippen LogP contribution in [-0.2, 0) is 6.54 Å². The molecular formula is C12H19N5O3. The van der Waals surface area contributed by atoms with E-state index < -0.39 is 4.92 Å². The van der Waals surface area contributed by atoms with E-state index in [1.807, 2.05) is 6.92 Å². The molecule has 1 aromatic heterocycles. The molecule has 8 heteroatoms. The van der Waals surface area contributed by atoms with Gasteiger partial charge in [-0.1, -0.05) is 0 Å². The number of rotatable bonds is 3. The number of fused-ring (bicyclic) bond motifs is 1. The fourth-order valence-electron chi connectivity index (χ4n) is 2.90. The number of nitrogens with zero attached hydrogens (tertiary/aromatic N) is 4. The lowest BCUT2D eigenvalue weighted by Gasteiger charge is -2.29. The van der Waals surface area contributed by atoms with Crippen molar-refractivity contribution in [3.8, 4) is 6.01 Å². The highest BCUT2D eigenvalue weighted by molar-refractivity contribution is 5.23. The molecule has 1 fully saturated rings. The lowest BCUT2D eigenvalue weighted by atomic mass is 10.1. The number of nitro groups is 1. The van der Waals surface area contributed by atoms with E-state index in [-0.39, 0.29) is 11.4 Å². The molecule has 8 nitrogen and oxygen atoms in total. The minimum absolute atomic E-state index is 0.152.